The second-order valence-corrected chi connectivity index (χ2v) is 10.0. The van der Waals surface area contributed by atoms with Gasteiger partial charge in [-0.25, -0.2) is 0 Å². The fourth-order valence-corrected chi connectivity index (χ4v) is 3.90. The van der Waals surface area contributed by atoms with Crippen LogP contribution in [0.15, 0.2) is 71.2 Å². The Balaban J connectivity index is 1.43. The van der Waals surface area contributed by atoms with Crippen molar-refractivity contribution in [1.82, 2.24) is 0 Å². The van der Waals surface area contributed by atoms with Crippen LogP contribution in [0.1, 0.15) is 36.7 Å². The third-order valence-electron chi connectivity index (χ3n) is 5.57. The van der Waals surface area contributed by atoms with Gasteiger partial charge in [0.2, 0.25) is 0 Å². The van der Waals surface area contributed by atoms with Gasteiger partial charge in [-0.3, -0.25) is 9.59 Å². The molecular formula is C27H27BrN2O4. The average Bonchev–Trinajstić information content (AvgIpc) is 2.80. The van der Waals surface area contributed by atoms with Crippen molar-refractivity contribution in [2.75, 3.05) is 30.0 Å². The van der Waals surface area contributed by atoms with Gasteiger partial charge in [0.05, 0.1) is 12.2 Å². The maximum Gasteiger partial charge on any atom is 0.265 e. The van der Waals surface area contributed by atoms with E-state index in [1.165, 1.54) is 5.56 Å². The first-order valence-corrected chi connectivity index (χ1v) is 11.9. The van der Waals surface area contributed by atoms with Crippen LogP contribution >= 0.6 is 15.9 Å². The highest BCUT2D eigenvalue weighted by atomic mass is 79.9. The number of amides is 2. The minimum Gasteiger partial charge on any atom is -0.492 e. The second-order valence-electron chi connectivity index (χ2n) is 9.10. The van der Waals surface area contributed by atoms with Crippen molar-refractivity contribution in [2.24, 2.45) is 0 Å². The van der Waals surface area contributed by atoms with Gasteiger partial charge in [-0.15, -0.1) is 0 Å². The minimum atomic E-state index is -0.232. The van der Waals surface area contributed by atoms with Crippen molar-refractivity contribution < 1.29 is 19.1 Å². The molecule has 176 valence electrons. The van der Waals surface area contributed by atoms with E-state index < -0.39 is 0 Å². The van der Waals surface area contributed by atoms with Crippen molar-refractivity contribution in [3.05, 3.63) is 82.3 Å². The Hall–Kier alpha value is -3.32. The number of carbonyl (C=O) groups excluding carboxylic acids is 2. The minimum absolute atomic E-state index is 0.0299. The standard InChI is InChI=1S/C27H27BrN2O4/c1-27(2,3)19-6-11-22(12-7-19)33-15-14-30-23-16-21(10-13-24(23)34-17-25(30)31)29-26(32)18-4-8-20(28)9-5-18/h4-13,16H,14-15,17H2,1-3H3,(H,29,32). The molecule has 3 aromatic rings. The van der Waals surface area contributed by atoms with Crippen LogP contribution < -0.4 is 19.7 Å². The van der Waals surface area contributed by atoms with E-state index in [2.05, 4.69) is 54.2 Å². The molecule has 0 unspecified atom stereocenters. The largest absolute Gasteiger partial charge is 0.492 e. The summed E-state index contributed by atoms with van der Waals surface area (Å²) in [6.45, 7) is 7.16. The number of carbonyl (C=O) groups is 2. The molecule has 0 saturated heterocycles. The number of anilines is 2. The van der Waals surface area contributed by atoms with E-state index >= 15 is 0 Å². The van der Waals surface area contributed by atoms with E-state index in [0.29, 0.717) is 35.8 Å². The summed E-state index contributed by atoms with van der Waals surface area (Å²) in [6.07, 6.45) is 0. The zero-order chi connectivity index (χ0) is 24.3. The predicted octanol–water partition coefficient (Wildman–Crippen LogP) is 5.80. The second kappa shape index (κ2) is 9.89. The molecule has 0 aliphatic carbocycles. The van der Waals surface area contributed by atoms with E-state index in [4.69, 9.17) is 9.47 Å². The number of fused-ring (bicyclic) bond motifs is 1. The van der Waals surface area contributed by atoms with E-state index in [1.807, 2.05) is 24.3 Å². The first-order valence-electron chi connectivity index (χ1n) is 11.1. The van der Waals surface area contributed by atoms with Crippen LogP contribution in [0.4, 0.5) is 11.4 Å². The van der Waals surface area contributed by atoms with Gasteiger partial charge < -0.3 is 19.7 Å². The van der Waals surface area contributed by atoms with Gasteiger partial charge in [0.15, 0.2) is 6.61 Å². The highest BCUT2D eigenvalue weighted by Gasteiger charge is 2.26. The van der Waals surface area contributed by atoms with Crippen LogP contribution in [0.3, 0.4) is 0 Å². The lowest BCUT2D eigenvalue weighted by molar-refractivity contribution is -0.121. The molecule has 1 N–H and O–H groups in total. The number of halogens is 1. The zero-order valence-electron chi connectivity index (χ0n) is 19.4. The lowest BCUT2D eigenvalue weighted by Gasteiger charge is -2.29. The number of nitrogens with zero attached hydrogens (tertiary/aromatic N) is 1. The molecule has 6 nitrogen and oxygen atoms in total. The fraction of sp³-hybridized carbons (Fsp3) is 0.259. The topological polar surface area (TPSA) is 67.9 Å². The summed E-state index contributed by atoms with van der Waals surface area (Å²) < 4.78 is 12.4. The van der Waals surface area contributed by atoms with E-state index in [1.54, 1.807) is 35.2 Å². The normalized spacial score (nSPS) is 13.2. The zero-order valence-corrected chi connectivity index (χ0v) is 21.0. The van der Waals surface area contributed by atoms with Gasteiger partial charge in [-0.2, -0.15) is 0 Å². The summed E-state index contributed by atoms with van der Waals surface area (Å²) in [5, 5.41) is 2.88. The monoisotopic (exact) mass is 522 g/mol. The third-order valence-corrected chi connectivity index (χ3v) is 6.10. The average molecular weight is 523 g/mol. The molecule has 0 bridgehead atoms. The molecule has 0 spiro atoms. The van der Waals surface area contributed by atoms with E-state index in [-0.39, 0.29) is 23.8 Å². The maximum absolute atomic E-state index is 12.6. The SMILES string of the molecule is CC(C)(C)c1ccc(OCCN2C(=O)COc3ccc(NC(=O)c4ccc(Br)cc4)cc32)cc1. The molecule has 1 aliphatic heterocycles. The maximum atomic E-state index is 12.6. The van der Waals surface area contributed by atoms with Crippen LogP contribution in [0.5, 0.6) is 11.5 Å². The summed E-state index contributed by atoms with van der Waals surface area (Å²) in [7, 11) is 0. The molecule has 7 heteroatoms. The lowest BCUT2D eigenvalue weighted by atomic mass is 9.87. The quantitative estimate of drug-likeness (QED) is 0.443. The van der Waals surface area contributed by atoms with Crippen LogP contribution in [-0.4, -0.2) is 31.6 Å². The Morgan fingerprint density at radius 1 is 1.06 bits per heavy atom. The van der Waals surface area contributed by atoms with Crippen LogP contribution in [0, 0.1) is 0 Å². The van der Waals surface area contributed by atoms with Gasteiger partial charge in [0.1, 0.15) is 18.1 Å². The Labute approximate surface area is 208 Å². The summed E-state index contributed by atoms with van der Waals surface area (Å²) in [5.74, 6) is 0.958. The molecule has 4 rings (SSSR count). The van der Waals surface area contributed by atoms with Crippen molar-refractivity contribution >= 4 is 39.1 Å². The fourth-order valence-electron chi connectivity index (χ4n) is 3.64. The molecule has 0 fully saturated rings. The van der Waals surface area contributed by atoms with Crippen molar-refractivity contribution in [1.29, 1.82) is 0 Å². The lowest BCUT2D eigenvalue weighted by Crippen LogP contribution is -2.41. The van der Waals surface area contributed by atoms with Gasteiger partial charge >= 0.3 is 0 Å². The van der Waals surface area contributed by atoms with E-state index in [9.17, 15) is 9.59 Å². The predicted molar refractivity (Wildman–Crippen MR) is 137 cm³/mol. The molecule has 1 heterocycles. The summed E-state index contributed by atoms with van der Waals surface area (Å²) >= 11 is 3.37. The van der Waals surface area contributed by atoms with Gasteiger partial charge in [-0.05, 0) is 65.6 Å². The summed E-state index contributed by atoms with van der Waals surface area (Å²) in [4.78, 5) is 26.8. The number of hydrogen-bond acceptors (Lipinski definition) is 4. The Bertz CT molecular complexity index is 1180. The molecule has 0 radical (unpaired) electrons. The summed E-state index contributed by atoms with van der Waals surface area (Å²) in [5.41, 5.74) is 3.03. The van der Waals surface area contributed by atoms with E-state index in [0.717, 1.165) is 10.2 Å². The molecule has 0 aromatic heterocycles. The molecule has 0 atom stereocenters. The number of benzene rings is 3. The van der Waals surface area contributed by atoms with Crippen LogP contribution in [0.2, 0.25) is 0 Å². The smallest absolute Gasteiger partial charge is 0.265 e. The molecule has 2 amide bonds. The number of hydrogen-bond donors (Lipinski definition) is 1. The van der Waals surface area contributed by atoms with Crippen molar-refractivity contribution in [3.63, 3.8) is 0 Å². The molecule has 1 aliphatic rings. The molecule has 34 heavy (non-hydrogen) atoms. The van der Waals surface area contributed by atoms with Gasteiger partial charge in [0.25, 0.3) is 11.8 Å². The van der Waals surface area contributed by atoms with Crippen LogP contribution in [-0.2, 0) is 10.2 Å². The highest BCUT2D eigenvalue weighted by molar-refractivity contribution is 9.10. The number of ether oxygens (including phenoxy) is 2. The van der Waals surface area contributed by atoms with Crippen LogP contribution in [0.25, 0.3) is 0 Å². The molecular weight excluding hydrogens is 496 g/mol. The Morgan fingerprint density at radius 2 is 1.76 bits per heavy atom. The first-order chi connectivity index (χ1) is 16.2. The van der Waals surface area contributed by atoms with Crippen molar-refractivity contribution in [3.8, 4) is 11.5 Å². The summed E-state index contributed by atoms with van der Waals surface area (Å²) in [6, 6.07) is 20.4. The van der Waals surface area contributed by atoms with Gasteiger partial charge in [0, 0.05) is 15.7 Å². The highest BCUT2D eigenvalue weighted by Crippen LogP contribution is 2.34. The van der Waals surface area contributed by atoms with Gasteiger partial charge in [-0.1, -0.05) is 48.8 Å². The molecule has 0 saturated carbocycles. The van der Waals surface area contributed by atoms with Crippen molar-refractivity contribution in [2.45, 2.75) is 26.2 Å². The first kappa shape index (κ1) is 23.8. The number of nitrogens with one attached hydrogen (secondary N) is 1. The Kier molecular flexibility index (Phi) is 6.93. The third kappa shape index (κ3) is 5.59. The Morgan fingerprint density at radius 3 is 2.44 bits per heavy atom. The molecule has 3 aromatic carbocycles. The number of rotatable bonds is 6.